The van der Waals surface area contributed by atoms with E-state index in [1.165, 1.54) is 27.8 Å². The highest BCUT2D eigenvalue weighted by Crippen LogP contribution is 2.54. The highest BCUT2D eigenvalue weighted by atomic mass is 16.1. The van der Waals surface area contributed by atoms with E-state index in [2.05, 4.69) is 99.5 Å². The summed E-state index contributed by atoms with van der Waals surface area (Å²) in [7, 11) is 0. The number of nitrogens with one attached hydrogen (secondary N) is 2. The van der Waals surface area contributed by atoms with Crippen molar-refractivity contribution >= 4 is 23.5 Å². The summed E-state index contributed by atoms with van der Waals surface area (Å²) in [5, 5.41) is 15.9. The first-order valence-corrected chi connectivity index (χ1v) is 12.4. The van der Waals surface area contributed by atoms with Gasteiger partial charge < -0.3 is 0 Å². The molecule has 1 amide bonds. The van der Waals surface area contributed by atoms with Crippen molar-refractivity contribution in [3.63, 3.8) is 0 Å². The Bertz CT molecular complexity index is 1250. The Balaban J connectivity index is 1.68. The third-order valence-corrected chi connectivity index (χ3v) is 7.98. The molecule has 0 bridgehead atoms. The summed E-state index contributed by atoms with van der Waals surface area (Å²) in [6.45, 7) is 18.7. The van der Waals surface area contributed by atoms with E-state index in [0.29, 0.717) is 17.4 Å². The number of fused-ring (bicyclic) bond motifs is 1. The van der Waals surface area contributed by atoms with Gasteiger partial charge >= 0.3 is 0 Å². The van der Waals surface area contributed by atoms with Crippen LogP contribution >= 0.6 is 0 Å². The number of hydrogen-bond acceptors (Lipinski definition) is 4. The summed E-state index contributed by atoms with van der Waals surface area (Å²) in [5.74, 6) is 1.02. The molecule has 1 aliphatic carbocycles. The quantitative estimate of drug-likeness (QED) is 0.407. The van der Waals surface area contributed by atoms with E-state index >= 15 is 0 Å². The van der Waals surface area contributed by atoms with Crippen molar-refractivity contribution in [2.75, 3.05) is 5.32 Å². The minimum Gasteiger partial charge on any atom is -0.288 e. The number of allylic oxidation sites excluding steroid dienone is 1. The van der Waals surface area contributed by atoms with Gasteiger partial charge in [-0.2, -0.15) is 5.21 Å². The molecular formula is C29H37N5O. The van der Waals surface area contributed by atoms with E-state index in [9.17, 15) is 4.79 Å². The summed E-state index contributed by atoms with van der Waals surface area (Å²) in [6, 6.07) is 12.5. The molecule has 1 aromatic heterocycles. The Morgan fingerprint density at radius 1 is 1.09 bits per heavy atom. The third-order valence-electron chi connectivity index (χ3n) is 7.98. The van der Waals surface area contributed by atoms with Crippen LogP contribution in [-0.4, -0.2) is 26.5 Å². The van der Waals surface area contributed by atoms with Crippen LogP contribution in [0, 0.1) is 11.8 Å². The van der Waals surface area contributed by atoms with Gasteiger partial charge in [0.05, 0.1) is 0 Å². The number of anilines is 1. The number of amides is 1. The molecule has 1 aliphatic rings. The SMILES string of the molecule is C/C(=C\c1ccc(C(=O)Nc2nn[nH]n2)cc1)c1cc2c(cc1CC(C)C)C(C)(C)C(C)C2(C)C. The maximum atomic E-state index is 12.4. The zero-order valence-corrected chi connectivity index (χ0v) is 22.2. The number of rotatable bonds is 6. The van der Waals surface area contributed by atoms with E-state index in [4.69, 9.17) is 0 Å². The second kappa shape index (κ2) is 9.06. The zero-order chi connectivity index (χ0) is 25.5. The summed E-state index contributed by atoms with van der Waals surface area (Å²) in [6.07, 6.45) is 3.26. The van der Waals surface area contributed by atoms with Gasteiger partial charge in [0.1, 0.15) is 0 Å². The predicted molar refractivity (Wildman–Crippen MR) is 142 cm³/mol. The van der Waals surface area contributed by atoms with Crippen molar-refractivity contribution < 1.29 is 4.79 Å². The number of aromatic amines is 1. The fourth-order valence-electron chi connectivity index (χ4n) is 5.50. The highest BCUT2D eigenvalue weighted by Gasteiger charge is 2.48. The summed E-state index contributed by atoms with van der Waals surface area (Å²) >= 11 is 0. The van der Waals surface area contributed by atoms with Gasteiger partial charge in [0.2, 0.25) is 0 Å². The fourth-order valence-corrected chi connectivity index (χ4v) is 5.50. The maximum absolute atomic E-state index is 12.4. The molecule has 35 heavy (non-hydrogen) atoms. The Hall–Kier alpha value is -3.28. The molecule has 1 atom stereocenters. The molecule has 1 heterocycles. The number of carbonyl (C=O) groups is 1. The summed E-state index contributed by atoms with van der Waals surface area (Å²) < 4.78 is 0. The molecular weight excluding hydrogens is 434 g/mol. The maximum Gasteiger partial charge on any atom is 0.270 e. The second-order valence-corrected chi connectivity index (χ2v) is 11.5. The molecule has 0 aliphatic heterocycles. The van der Waals surface area contributed by atoms with Crippen molar-refractivity contribution in [2.45, 2.75) is 72.6 Å². The molecule has 6 nitrogen and oxygen atoms in total. The number of tetrazole rings is 1. The van der Waals surface area contributed by atoms with Crippen LogP contribution in [0.4, 0.5) is 5.95 Å². The van der Waals surface area contributed by atoms with Crippen molar-refractivity contribution in [1.82, 2.24) is 20.6 Å². The molecule has 0 saturated carbocycles. The summed E-state index contributed by atoms with van der Waals surface area (Å²) in [4.78, 5) is 12.4. The first-order valence-electron chi connectivity index (χ1n) is 12.4. The van der Waals surface area contributed by atoms with Crippen LogP contribution in [0.5, 0.6) is 0 Å². The molecule has 4 rings (SSSR count). The molecule has 6 heteroatoms. The van der Waals surface area contributed by atoms with E-state index in [1.54, 1.807) is 0 Å². The third kappa shape index (κ3) is 4.66. The molecule has 0 radical (unpaired) electrons. The Morgan fingerprint density at radius 3 is 2.29 bits per heavy atom. The number of hydrogen-bond donors (Lipinski definition) is 2. The van der Waals surface area contributed by atoms with Gasteiger partial charge in [-0.05, 0) is 86.7 Å². The number of aromatic nitrogens is 4. The van der Waals surface area contributed by atoms with Crippen LogP contribution in [0.25, 0.3) is 11.6 Å². The fraction of sp³-hybridized carbons (Fsp3) is 0.448. The predicted octanol–water partition coefficient (Wildman–Crippen LogP) is 6.42. The van der Waals surface area contributed by atoms with Crippen LogP contribution < -0.4 is 5.32 Å². The van der Waals surface area contributed by atoms with Crippen molar-refractivity contribution in [1.29, 1.82) is 0 Å². The summed E-state index contributed by atoms with van der Waals surface area (Å²) in [5.41, 5.74) is 8.83. The van der Waals surface area contributed by atoms with Crippen molar-refractivity contribution in [2.24, 2.45) is 11.8 Å². The zero-order valence-electron chi connectivity index (χ0n) is 22.2. The van der Waals surface area contributed by atoms with Crippen LogP contribution in [0.3, 0.4) is 0 Å². The lowest BCUT2D eigenvalue weighted by Gasteiger charge is -2.32. The van der Waals surface area contributed by atoms with Gasteiger partial charge in [-0.15, -0.1) is 5.10 Å². The lowest BCUT2D eigenvalue weighted by Crippen LogP contribution is -2.30. The molecule has 1 unspecified atom stereocenters. The van der Waals surface area contributed by atoms with Gasteiger partial charge in [-0.1, -0.05) is 83.9 Å². The lowest BCUT2D eigenvalue weighted by molar-refractivity contribution is 0.102. The first-order chi connectivity index (χ1) is 16.4. The Labute approximate surface area is 208 Å². The first kappa shape index (κ1) is 24.8. The Morgan fingerprint density at radius 2 is 1.71 bits per heavy atom. The van der Waals surface area contributed by atoms with Crippen LogP contribution in [0.2, 0.25) is 0 Å². The van der Waals surface area contributed by atoms with E-state index in [-0.39, 0.29) is 22.7 Å². The number of carbonyl (C=O) groups excluding carboxylic acids is 1. The monoisotopic (exact) mass is 471 g/mol. The standard InChI is InChI=1S/C29H37N5O/c1-17(2)13-22-15-24-25(29(7,8)19(4)28(24,5)6)16-23(22)18(3)14-20-9-11-21(12-10-20)26(35)30-27-31-33-34-32-27/h9-12,14-17,19H,13H2,1-8H3,(H2,30,31,32,33,34,35)/b18-14+. The van der Waals surface area contributed by atoms with Crippen molar-refractivity contribution in [3.05, 3.63) is 69.8 Å². The lowest BCUT2D eigenvalue weighted by atomic mass is 9.71. The molecule has 184 valence electrons. The minimum atomic E-state index is -0.268. The Kier molecular flexibility index (Phi) is 6.43. The number of H-pyrrole nitrogens is 1. The molecule has 3 aromatic rings. The van der Waals surface area contributed by atoms with Crippen LogP contribution in [-0.2, 0) is 17.3 Å². The van der Waals surface area contributed by atoms with Crippen molar-refractivity contribution in [3.8, 4) is 0 Å². The topological polar surface area (TPSA) is 83.6 Å². The average Bonchev–Trinajstić information content (AvgIpc) is 3.34. The van der Waals surface area contributed by atoms with Gasteiger partial charge in [-0.3, -0.25) is 10.1 Å². The number of nitrogens with zero attached hydrogens (tertiary/aromatic N) is 3. The van der Waals surface area contributed by atoms with Gasteiger partial charge in [-0.25, -0.2) is 0 Å². The molecule has 2 N–H and O–H groups in total. The van der Waals surface area contributed by atoms with E-state index in [1.807, 2.05) is 24.3 Å². The second-order valence-electron chi connectivity index (χ2n) is 11.5. The van der Waals surface area contributed by atoms with E-state index in [0.717, 1.165) is 12.0 Å². The minimum absolute atomic E-state index is 0.123. The van der Waals surface area contributed by atoms with E-state index < -0.39 is 0 Å². The van der Waals surface area contributed by atoms with Crippen LogP contribution in [0.1, 0.15) is 93.6 Å². The average molecular weight is 472 g/mol. The smallest absolute Gasteiger partial charge is 0.270 e. The molecule has 2 aromatic carbocycles. The van der Waals surface area contributed by atoms with Gasteiger partial charge in [0.15, 0.2) is 0 Å². The number of benzene rings is 2. The molecule has 0 saturated heterocycles. The molecule has 0 spiro atoms. The largest absolute Gasteiger partial charge is 0.288 e. The van der Waals surface area contributed by atoms with Gasteiger partial charge in [0.25, 0.3) is 11.9 Å². The molecule has 0 fully saturated rings. The van der Waals surface area contributed by atoms with Crippen LogP contribution in [0.15, 0.2) is 36.4 Å². The highest BCUT2D eigenvalue weighted by molar-refractivity contribution is 6.03. The normalized spacial score (nSPS) is 18.5. The van der Waals surface area contributed by atoms with Gasteiger partial charge in [0, 0.05) is 5.56 Å².